The van der Waals surface area contributed by atoms with E-state index in [-0.39, 0.29) is 48.5 Å². The average molecular weight is 568 g/mol. The molecular formula is C33H43F2N3O3. The van der Waals surface area contributed by atoms with Crippen molar-refractivity contribution < 1.29 is 23.1 Å². The van der Waals surface area contributed by atoms with E-state index in [0.29, 0.717) is 25.2 Å². The van der Waals surface area contributed by atoms with E-state index in [1.807, 2.05) is 42.7 Å². The number of hydrogen-bond acceptors (Lipinski definition) is 4. The fourth-order valence-corrected chi connectivity index (χ4v) is 6.94. The monoisotopic (exact) mass is 567 g/mol. The van der Waals surface area contributed by atoms with E-state index >= 15 is 0 Å². The Hall–Kier alpha value is -3.00. The van der Waals surface area contributed by atoms with E-state index in [9.17, 15) is 18.4 Å². The summed E-state index contributed by atoms with van der Waals surface area (Å²) in [6.07, 6.45) is 3.42. The molecular weight excluding hydrogens is 524 g/mol. The zero-order chi connectivity index (χ0) is 29.5. The lowest BCUT2D eigenvalue weighted by atomic mass is 9.59. The van der Waals surface area contributed by atoms with Crippen LogP contribution in [0.4, 0.5) is 13.6 Å². The van der Waals surface area contributed by atoms with Crippen molar-refractivity contribution in [3.63, 3.8) is 0 Å². The summed E-state index contributed by atoms with van der Waals surface area (Å²) >= 11 is 0. The van der Waals surface area contributed by atoms with Crippen LogP contribution in [0.25, 0.3) is 0 Å². The van der Waals surface area contributed by atoms with Crippen LogP contribution in [0.5, 0.6) is 0 Å². The van der Waals surface area contributed by atoms with Gasteiger partial charge < -0.3 is 14.5 Å². The van der Waals surface area contributed by atoms with Crippen molar-refractivity contribution in [3.05, 3.63) is 70.8 Å². The standard InChI is InChI=1S/C33H43F2N3O3/c1-22(2)26-8-6-7-9-27(26)29-20-36(19-23-10-11-24(34)16-28(23)35)21-30(39)38(29)25-17-33(18-25)12-14-37(15-13-33)31(40)41-32(3,4)5/h6-11,16,22,25,29H,12-15,17-21H2,1-5H3. The summed E-state index contributed by atoms with van der Waals surface area (Å²) in [6, 6.07) is 11.9. The zero-order valence-corrected chi connectivity index (χ0v) is 25.0. The number of hydrogen-bond donors (Lipinski definition) is 0. The maximum absolute atomic E-state index is 14.5. The summed E-state index contributed by atoms with van der Waals surface area (Å²) in [4.78, 5) is 32.3. The Morgan fingerprint density at radius 3 is 2.39 bits per heavy atom. The SMILES string of the molecule is CC(C)c1ccccc1C1CN(Cc2ccc(F)cc2F)CC(=O)N1C1CC2(CCN(C(=O)OC(C)(C)C)CC2)C1. The molecule has 2 amide bonds. The number of amides is 2. The van der Waals surface area contributed by atoms with Gasteiger partial charge in [-0.3, -0.25) is 9.69 Å². The summed E-state index contributed by atoms with van der Waals surface area (Å²) in [5.74, 6) is -0.851. The van der Waals surface area contributed by atoms with Crippen molar-refractivity contribution in [2.75, 3.05) is 26.2 Å². The van der Waals surface area contributed by atoms with Gasteiger partial charge >= 0.3 is 6.09 Å². The predicted octanol–water partition coefficient (Wildman–Crippen LogP) is 6.65. The molecule has 0 bridgehead atoms. The maximum Gasteiger partial charge on any atom is 0.410 e. The van der Waals surface area contributed by atoms with Crippen LogP contribution in [0, 0.1) is 17.0 Å². The third-order valence-electron chi connectivity index (χ3n) is 9.01. The Morgan fingerprint density at radius 1 is 1.07 bits per heavy atom. The molecule has 2 aromatic rings. The van der Waals surface area contributed by atoms with Crippen molar-refractivity contribution in [1.29, 1.82) is 0 Å². The molecule has 1 saturated carbocycles. The second-order valence-corrected chi connectivity index (χ2v) is 13.5. The average Bonchev–Trinajstić information content (AvgIpc) is 2.88. The number of nitrogens with zero attached hydrogens (tertiary/aromatic N) is 3. The Morgan fingerprint density at radius 2 is 1.76 bits per heavy atom. The number of ether oxygens (including phenoxy) is 1. The van der Waals surface area contributed by atoms with Gasteiger partial charge in [0.25, 0.3) is 0 Å². The highest BCUT2D eigenvalue weighted by molar-refractivity contribution is 5.80. The number of piperazine rings is 1. The first-order valence-electron chi connectivity index (χ1n) is 14.9. The second-order valence-electron chi connectivity index (χ2n) is 13.5. The topological polar surface area (TPSA) is 53.1 Å². The first kappa shape index (κ1) is 29.5. The van der Waals surface area contributed by atoms with Crippen LogP contribution in [0.15, 0.2) is 42.5 Å². The summed E-state index contributed by atoms with van der Waals surface area (Å²) in [5.41, 5.74) is 2.37. The van der Waals surface area contributed by atoms with Crippen LogP contribution in [-0.2, 0) is 16.1 Å². The van der Waals surface area contributed by atoms with Gasteiger partial charge in [-0.15, -0.1) is 0 Å². The maximum atomic E-state index is 14.5. The smallest absolute Gasteiger partial charge is 0.410 e. The van der Waals surface area contributed by atoms with Crippen molar-refractivity contribution in [3.8, 4) is 0 Å². The van der Waals surface area contributed by atoms with Gasteiger partial charge in [-0.05, 0) is 75.0 Å². The van der Waals surface area contributed by atoms with E-state index in [4.69, 9.17) is 4.74 Å². The van der Waals surface area contributed by atoms with Crippen LogP contribution in [0.2, 0.25) is 0 Å². The molecule has 1 atom stereocenters. The molecule has 2 heterocycles. The lowest BCUT2D eigenvalue weighted by molar-refractivity contribution is -0.153. The first-order valence-corrected chi connectivity index (χ1v) is 14.9. The molecule has 0 N–H and O–H groups in total. The van der Waals surface area contributed by atoms with Crippen molar-refractivity contribution >= 4 is 12.0 Å². The number of rotatable bonds is 5. The van der Waals surface area contributed by atoms with Crippen LogP contribution >= 0.6 is 0 Å². The van der Waals surface area contributed by atoms with Crippen molar-refractivity contribution in [1.82, 2.24) is 14.7 Å². The Balaban J connectivity index is 1.32. The minimum Gasteiger partial charge on any atom is -0.444 e. The minimum atomic E-state index is -0.605. The van der Waals surface area contributed by atoms with Crippen LogP contribution in [0.3, 0.4) is 0 Å². The van der Waals surface area contributed by atoms with Gasteiger partial charge in [0.15, 0.2) is 0 Å². The lowest BCUT2D eigenvalue weighted by Gasteiger charge is -2.58. The Kier molecular flexibility index (Phi) is 8.16. The largest absolute Gasteiger partial charge is 0.444 e. The molecule has 41 heavy (non-hydrogen) atoms. The van der Waals surface area contributed by atoms with Gasteiger partial charge in [0.2, 0.25) is 5.91 Å². The van der Waals surface area contributed by atoms with Gasteiger partial charge in [-0.2, -0.15) is 0 Å². The van der Waals surface area contributed by atoms with E-state index in [0.717, 1.165) is 37.3 Å². The number of halogens is 2. The summed E-state index contributed by atoms with van der Waals surface area (Å²) in [7, 11) is 0. The molecule has 0 aromatic heterocycles. The Labute approximate surface area is 242 Å². The van der Waals surface area contributed by atoms with Gasteiger partial charge in [-0.1, -0.05) is 44.2 Å². The minimum absolute atomic E-state index is 0.0494. The molecule has 1 spiro atoms. The number of carbonyl (C=O) groups is 2. The summed E-state index contributed by atoms with van der Waals surface area (Å²) < 4.78 is 33.6. The molecule has 2 aliphatic heterocycles. The van der Waals surface area contributed by atoms with E-state index < -0.39 is 17.2 Å². The molecule has 8 heteroatoms. The molecule has 3 aliphatic rings. The Bertz CT molecular complexity index is 1270. The van der Waals surface area contributed by atoms with Crippen molar-refractivity contribution in [2.45, 2.75) is 90.4 Å². The van der Waals surface area contributed by atoms with E-state index in [1.54, 1.807) is 0 Å². The summed E-state index contributed by atoms with van der Waals surface area (Å²) in [5, 5.41) is 0. The third-order valence-corrected chi connectivity index (χ3v) is 9.01. The van der Waals surface area contributed by atoms with E-state index in [2.05, 4.69) is 30.9 Å². The van der Waals surface area contributed by atoms with E-state index in [1.165, 1.54) is 17.7 Å². The number of benzene rings is 2. The molecule has 2 saturated heterocycles. The molecule has 222 valence electrons. The quantitative estimate of drug-likeness (QED) is 0.406. The normalized spacial score (nSPS) is 21.9. The molecule has 1 unspecified atom stereocenters. The van der Waals surface area contributed by atoms with Gasteiger partial charge in [0, 0.05) is 43.9 Å². The molecule has 1 aliphatic carbocycles. The molecule has 2 aromatic carbocycles. The highest BCUT2D eigenvalue weighted by atomic mass is 19.1. The van der Waals surface area contributed by atoms with Crippen LogP contribution in [0.1, 0.15) is 89.0 Å². The third kappa shape index (κ3) is 6.42. The molecule has 0 radical (unpaired) electrons. The molecule has 5 rings (SSSR count). The van der Waals surface area contributed by atoms with Gasteiger partial charge in [0.1, 0.15) is 17.2 Å². The van der Waals surface area contributed by atoms with Crippen LogP contribution < -0.4 is 0 Å². The summed E-state index contributed by atoms with van der Waals surface area (Å²) in [6.45, 7) is 12.4. The highest BCUT2D eigenvalue weighted by Crippen LogP contribution is 2.53. The van der Waals surface area contributed by atoms with Gasteiger partial charge in [0.05, 0.1) is 12.6 Å². The molecule has 6 nitrogen and oxygen atoms in total. The zero-order valence-electron chi connectivity index (χ0n) is 25.0. The van der Waals surface area contributed by atoms with Crippen LogP contribution in [-0.4, -0.2) is 64.5 Å². The van der Waals surface area contributed by atoms with Gasteiger partial charge in [-0.25, -0.2) is 13.6 Å². The fourth-order valence-electron chi connectivity index (χ4n) is 6.94. The predicted molar refractivity (Wildman–Crippen MR) is 154 cm³/mol. The molecule has 3 fully saturated rings. The number of carbonyl (C=O) groups excluding carboxylic acids is 2. The second kappa shape index (κ2) is 11.3. The van der Waals surface area contributed by atoms with Crippen molar-refractivity contribution in [2.24, 2.45) is 5.41 Å². The fraction of sp³-hybridized carbons (Fsp3) is 0.576. The number of piperidine rings is 1. The first-order chi connectivity index (χ1) is 19.3. The lowest BCUT2D eigenvalue weighted by Crippen LogP contribution is -2.62. The highest BCUT2D eigenvalue weighted by Gasteiger charge is 2.52. The number of likely N-dealkylation sites (tertiary alicyclic amines) is 1.